The highest BCUT2D eigenvalue weighted by atomic mass is 16.5. The number of rotatable bonds is 6. The quantitative estimate of drug-likeness (QED) is 0.695. The van der Waals surface area contributed by atoms with Gasteiger partial charge in [0.15, 0.2) is 0 Å². The number of aryl methyl sites for hydroxylation is 2. The van der Waals surface area contributed by atoms with E-state index in [4.69, 9.17) is 4.74 Å². The van der Waals surface area contributed by atoms with Crippen molar-refractivity contribution in [1.82, 2.24) is 20.3 Å². The first-order valence-electron chi connectivity index (χ1n) is 8.90. The Balaban J connectivity index is 1.80. The van der Waals surface area contributed by atoms with E-state index >= 15 is 0 Å². The van der Waals surface area contributed by atoms with Crippen molar-refractivity contribution in [3.8, 4) is 5.75 Å². The molecule has 1 amide bonds. The van der Waals surface area contributed by atoms with Crippen LogP contribution in [0.4, 0.5) is 0 Å². The minimum Gasteiger partial charge on any atom is -0.495 e. The van der Waals surface area contributed by atoms with Crippen LogP contribution in [0.1, 0.15) is 41.5 Å². The normalized spacial score (nSPS) is 19.9. The average molecular weight is 372 g/mol. The van der Waals surface area contributed by atoms with Gasteiger partial charge in [0, 0.05) is 17.5 Å². The summed E-state index contributed by atoms with van der Waals surface area (Å²) in [6, 6.07) is 1.52. The molecule has 8 heteroatoms. The number of pyridine rings is 1. The van der Waals surface area contributed by atoms with Gasteiger partial charge in [-0.15, -0.1) is 0 Å². The van der Waals surface area contributed by atoms with Crippen molar-refractivity contribution in [2.24, 2.45) is 5.92 Å². The van der Waals surface area contributed by atoms with Gasteiger partial charge >= 0.3 is 0 Å². The second-order valence-electron chi connectivity index (χ2n) is 6.98. The van der Waals surface area contributed by atoms with Crippen LogP contribution >= 0.6 is 0 Å². The van der Waals surface area contributed by atoms with Crippen LogP contribution in [0.3, 0.4) is 0 Å². The summed E-state index contributed by atoms with van der Waals surface area (Å²) in [5.41, 5.74) is 1.42. The van der Waals surface area contributed by atoms with E-state index in [1.165, 1.54) is 0 Å². The number of aromatic amines is 1. The van der Waals surface area contributed by atoms with E-state index < -0.39 is 0 Å². The van der Waals surface area contributed by atoms with Crippen LogP contribution in [0.2, 0.25) is 0 Å². The van der Waals surface area contributed by atoms with Crippen molar-refractivity contribution >= 4 is 5.91 Å². The number of nitrogens with zero attached hydrogens (tertiary/aromatic N) is 2. The molecule has 27 heavy (non-hydrogen) atoms. The number of carbonyl (C=O) groups is 1. The summed E-state index contributed by atoms with van der Waals surface area (Å²) in [6.45, 7) is 3.42. The fourth-order valence-corrected chi connectivity index (χ4v) is 3.44. The Bertz CT molecular complexity index is 890. The third kappa shape index (κ3) is 4.33. The standard InChI is InChI=1S/C19H24N4O4/c1-10-16(19(26)22-11(2)21-10)7-17(25)23-18(12-4-14(24)5-12)13-6-15(27-3)9-20-8-13/h6,8-9,12,14,18,24H,4-5,7H2,1-3H3,(H,23,25)(H,21,22,26)/t12?,14?,18-/m0/s1. The number of aliphatic hydroxyl groups excluding tert-OH is 1. The van der Waals surface area contributed by atoms with Crippen LogP contribution < -0.4 is 15.6 Å². The SMILES string of the molecule is COc1cncc([C@@H](NC(=O)Cc2c(C)nc(C)[nH]c2=O)C2CC(O)C2)c1. The predicted octanol–water partition coefficient (Wildman–Crippen LogP) is 0.961. The lowest BCUT2D eigenvalue weighted by Crippen LogP contribution is -2.42. The van der Waals surface area contributed by atoms with Crippen molar-refractivity contribution in [1.29, 1.82) is 0 Å². The van der Waals surface area contributed by atoms with Crippen molar-refractivity contribution in [3.63, 3.8) is 0 Å². The summed E-state index contributed by atoms with van der Waals surface area (Å²) in [4.78, 5) is 35.8. The smallest absolute Gasteiger partial charge is 0.254 e. The fourth-order valence-electron chi connectivity index (χ4n) is 3.44. The first kappa shape index (κ1) is 19.0. The number of methoxy groups -OCH3 is 1. The van der Waals surface area contributed by atoms with Crippen LogP contribution in [0, 0.1) is 19.8 Å². The van der Waals surface area contributed by atoms with Crippen LogP contribution in [0.25, 0.3) is 0 Å². The molecule has 2 heterocycles. The largest absolute Gasteiger partial charge is 0.495 e. The Labute approximate surface area is 157 Å². The molecule has 2 aromatic heterocycles. The minimum absolute atomic E-state index is 0.0579. The van der Waals surface area contributed by atoms with E-state index in [9.17, 15) is 14.7 Å². The molecule has 0 unspecified atom stereocenters. The monoisotopic (exact) mass is 372 g/mol. The summed E-state index contributed by atoms with van der Waals surface area (Å²) in [7, 11) is 1.56. The molecule has 1 aliphatic carbocycles. The Kier molecular flexibility index (Phi) is 5.55. The summed E-state index contributed by atoms with van der Waals surface area (Å²) < 4.78 is 5.22. The Morgan fingerprint density at radius 2 is 2.15 bits per heavy atom. The van der Waals surface area contributed by atoms with Crippen molar-refractivity contribution in [2.75, 3.05) is 7.11 Å². The molecule has 0 bridgehead atoms. The zero-order valence-corrected chi connectivity index (χ0v) is 15.7. The molecule has 0 radical (unpaired) electrons. The maximum atomic E-state index is 12.7. The van der Waals surface area contributed by atoms with Crippen molar-refractivity contribution in [3.05, 3.63) is 51.5 Å². The predicted molar refractivity (Wildman–Crippen MR) is 98.4 cm³/mol. The Hall–Kier alpha value is -2.74. The number of hydrogen-bond donors (Lipinski definition) is 3. The van der Waals surface area contributed by atoms with E-state index in [2.05, 4.69) is 20.3 Å². The van der Waals surface area contributed by atoms with E-state index in [-0.39, 0.29) is 36.0 Å². The molecule has 3 rings (SSSR count). The molecule has 1 aliphatic rings. The van der Waals surface area contributed by atoms with Crippen molar-refractivity contribution < 1.29 is 14.6 Å². The highest BCUT2D eigenvalue weighted by Gasteiger charge is 2.36. The summed E-state index contributed by atoms with van der Waals surface area (Å²) >= 11 is 0. The van der Waals surface area contributed by atoms with Gasteiger partial charge in [-0.05, 0) is 44.2 Å². The molecule has 2 aromatic rings. The second kappa shape index (κ2) is 7.87. The van der Waals surface area contributed by atoms with Crippen molar-refractivity contribution in [2.45, 2.75) is 45.3 Å². The molecule has 3 N–H and O–H groups in total. The number of nitrogens with one attached hydrogen (secondary N) is 2. The lowest BCUT2D eigenvalue weighted by Gasteiger charge is -2.38. The molecule has 0 spiro atoms. The molecular formula is C19H24N4O4. The molecule has 1 fully saturated rings. The highest BCUT2D eigenvalue weighted by Crippen LogP contribution is 2.38. The van der Waals surface area contributed by atoms with E-state index in [0.29, 0.717) is 35.7 Å². The number of ether oxygens (including phenoxy) is 1. The molecule has 1 atom stereocenters. The van der Waals surface area contributed by atoms with E-state index in [1.54, 1.807) is 33.4 Å². The average Bonchev–Trinajstić information content (AvgIpc) is 2.60. The molecule has 0 saturated heterocycles. The third-order valence-corrected chi connectivity index (χ3v) is 4.94. The van der Waals surface area contributed by atoms with Crippen LogP contribution in [-0.4, -0.2) is 39.2 Å². The van der Waals surface area contributed by atoms with Gasteiger partial charge in [-0.2, -0.15) is 0 Å². The van der Waals surface area contributed by atoms with E-state index in [0.717, 1.165) is 5.56 Å². The number of aromatic nitrogens is 3. The second-order valence-corrected chi connectivity index (χ2v) is 6.98. The zero-order valence-electron chi connectivity index (χ0n) is 15.7. The third-order valence-electron chi connectivity index (χ3n) is 4.94. The first-order valence-corrected chi connectivity index (χ1v) is 8.90. The molecule has 0 aromatic carbocycles. The van der Waals surface area contributed by atoms with E-state index in [1.807, 2.05) is 6.07 Å². The first-order chi connectivity index (χ1) is 12.9. The maximum Gasteiger partial charge on any atom is 0.254 e. The molecular weight excluding hydrogens is 348 g/mol. The summed E-state index contributed by atoms with van der Waals surface area (Å²) in [6.07, 6.45) is 4.08. The van der Waals surface area contributed by atoms with Gasteiger partial charge in [0.25, 0.3) is 5.56 Å². The number of hydrogen-bond acceptors (Lipinski definition) is 6. The number of aliphatic hydroxyl groups is 1. The van der Waals surface area contributed by atoms with Crippen LogP contribution in [0.5, 0.6) is 5.75 Å². The molecule has 0 aliphatic heterocycles. The number of carbonyl (C=O) groups excluding carboxylic acids is 1. The highest BCUT2D eigenvalue weighted by molar-refractivity contribution is 5.79. The Morgan fingerprint density at radius 1 is 1.41 bits per heavy atom. The van der Waals surface area contributed by atoms with Gasteiger partial charge in [0.1, 0.15) is 11.6 Å². The molecule has 144 valence electrons. The lowest BCUT2D eigenvalue weighted by atomic mass is 9.75. The topological polar surface area (TPSA) is 117 Å². The van der Waals surface area contributed by atoms with Gasteiger partial charge in [0.05, 0.1) is 31.9 Å². The number of H-pyrrole nitrogens is 1. The van der Waals surface area contributed by atoms with Gasteiger partial charge in [-0.3, -0.25) is 14.6 Å². The molecule has 8 nitrogen and oxygen atoms in total. The summed E-state index contributed by atoms with van der Waals surface area (Å²) in [5, 5.41) is 12.7. The summed E-state index contributed by atoms with van der Waals surface area (Å²) in [5.74, 6) is 0.948. The maximum absolute atomic E-state index is 12.7. The lowest BCUT2D eigenvalue weighted by molar-refractivity contribution is -0.122. The number of amides is 1. The van der Waals surface area contributed by atoms with Crippen LogP contribution in [0.15, 0.2) is 23.3 Å². The van der Waals surface area contributed by atoms with Gasteiger partial charge in [0.2, 0.25) is 5.91 Å². The van der Waals surface area contributed by atoms with Gasteiger partial charge in [-0.1, -0.05) is 0 Å². The minimum atomic E-state index is -0.348. The molecule has 1 saturated carbocycles. The Morgan fingerprint density at radius 3 is 2.78 bits per heavy atom. The fraction of sp³-hybridized carbons (Fsp3) is 0.474. The van der Waals surface area contributed by atoms with Crippen LogP contribution in [-0.2, 0) is 11.2 Å². The van der Waals surface area contributed by atoms with Gasteiger partial charge < -0.3 is 20.1 Å². The van der Waals surface area contributed by atoms with Gasteiger partial charge in [-0.25, -0.2) is 4.98 Å². The zero-order chi connectivity index (χ0) is 19.6.